The van der Waals surface area contributed by atoms with Crippen LogP contribution in [-0.4, -0.2) is 29.9 Å². The van der Waals surface area contributed by atoms with Crippen molar-refractivity contribution in [2.24, 2.45) is 17.8 Å². The Kier molecular flexibility index (Phi) is 23.2. The second kappa shape index (κ2) is 24.4. The van der Waals surface area contributed by atoms with Crippen LogP contribution in [0.3, 0.4) is 0 Å². The van der Waals surface area contributed by atoms with Gasteiger partial charge in [0.1, 0.15) is 0 Å². The fraction of sp³-hybridized carbons (Fsp3) is 0.684. The molecule has 0 bridgehead atoms. The van der Waals surface area contributed by atoms with Crippen LogP contribution < -0.4 is 0 Å². The molecule has 0 spiro atoms. The predicted octanol–water partition coefficient (Wildman–Crippen LogP) is 11.7. The number of hydrogen-bond acceptors (Lipinski definition) is 3. The molecule has 3 nitrogen and oxygen atoms in total. The number of piperidine rings is 1. The number of rotatable bonds is 5. The van der Waals surface area contributed by atoms with Crippen LogP contribution >= 0.6 is 0 Å². The average molecular weight is 566 g/mol. The largest absolute Gasteiger partial charge is 0.370 e. The zero-order valence-electron chi connectivity index (χ0n) is 28.5. The molecule has 3 aliphatic rings. The molecule has 2 saturated carbocycles. The van der Waals surface area contributed by atoms with Crippen LogP contribution in [0.25, 0.3) is 0 Å². The maximum absolute atomic E-state index is 7.69. The molecule has 3 heteroatoms. The molecule has 0 aromatic heterocycles. The number of hydrogen-bond donors (Lipinski definition) is 2. The first-order valence-electron chi connectivity index (χ1n) is 16.8. The third kappa shape index (κ3) is 20.4. The predicted molar refractivity (Wildman–Crippen MR) is 186 cm³/mol. The van der Waals surface area contributed by atoms with Crippen molar-refractivity contribution in [3.05, 3.63) is 59.3 Å². The Bertz CT molecular complexity index is 815. The van der Waals surface area contributed by atoms with Crippen molar-refractivity contribution in [1.82, 2.24) is 4.90 Å². The Hall–Kier alpha value is -2.16. The minimum absolute atomic E-state index is 0.416. The van der Waals surface area contributed by atoms with Crippen LogP contribution in [0.1, 0.15) is 136 Å². The number of aryl methyl sites for hydroxylation is 2. The van der Waals surface area contributed by atoms with E-state index in [-0.39, 0.29) is 0 Å². The molecule has 3 fully saturated rings. The summed E-state index contributed by atoms with van der Waals surface area (Å²) in [5.74, 6) is 3.09. The van der Waals surface area contributed by atoms with Gasteiger partial charge in [0.15, 0.2) is 0 Å². The fourth-order valence-electron chi connectivity index (χ4n) is 4.87. The van der Waals surface area contributed by atoms with Gasteiger partial charge >= 0.3 is 0 Å². The summed E-state index contributed by atoms with van der Waals surface area (Å²) in [7, 11) is 0. The lowest BCUT2D eigenvalue weighted by Gasteiger charge is -2.29. The maximum Gasteiger partial charge on any atom is 0.0584 e. The second-order valence-electron chi connectivity index (χ2n) is 12.8. The van der Waals surface area contributed by atoms with E-state index in [1.54, 1.807) is 6.08 Å². The van der Waals surface area contributed by atoms with Gasteiger partial charge in [-0.1, -0.05) is 130 Å². The van der Waals surface area contributed by atoms with Gasteiger partial charge in [0.2, 0.25) is 0 Å². The standard InChI is InChI=1S/C12H19N3.C8H16.C8H10.C6H12.C4H10/c1-10(2)12(14)8-11(9-13)15-6-4-3-5-7-15;1-7-3-5-8(2)6-4-7;1-7-5-3-4-6-8(7)2;1-6-4-2-3-5-6;1-3-4-2/h8-9,13-14H,1,3-7H2,2H3;7-8H,3-6H2,1-2H3;3-6H,1-2H3;6H,2-5H2,1H3;3-4H2,1-2H3/b11-8+,13-9?,14-12?;;;;. The summed E-state index contributed by atoms with van der Waals surface area (Å²) in [6.07, 6.45) is 21.2. The molecule has 0 atom stereocenters. The molecule has 4 rings (SSSR count). The van der Waals surface area contributed by atoms with E-state index in [9.17, 15) is 0 Å². The summed E-state index contributed by atoms with van der Waals surface area (Å²) in [5, 5.41) is 15.1. The van der Waals surface area contributed by atoms with Crippen molar-refractivity contribution in [1.29, 1.82) is 10.8 Å². The lowest BCUT2D eigenvalue weighted by atomic mass is 9.84. The van der Waals surface area contributed by atoms with Crippen molar-refractivity contribution >= 4 is 11.9 Å². The average Bonchev–Trinajstić information content (AvgIpc) is 3.47. The van der Waals surface area contributed by atoms with Gasteiger partial charge in [0, 0.05) is 19.3 Å². The van der Waals surface area contributed by atoms with Gasteiger partial charge in [0.05, 0.1) is 11.4 Å². The third-order valence-corrected chi connectivity index (χ3v) is 8.50. The Morgan fingerprint density at radius 2 is 1.20 bits per heavy atom. The van der Waals surface area contributed by atoms with Gasteiger partial charge in [-0.25, -0.2) is 0 Å². The molecule has 2 N–H and O–H groups in total. The molecule has 0 amide bonds. The van der Waals surface area contributed by atoms with Gasteiger partial charge in [-0.15, -0.1) is 0 Å². The van der Waals surface area contributed by atoms with Crippen LogP contribution in [0.15, 0.2) is 48.2 Å². The lowest BCUT2D eigenvalue weighted by molar-refractivity contribution is 0.299. The fourth-order valence-corrected chi connectivity index (χ4v) is 4.87. The van der Waals surface area contributed by atoms with E-state index in [2.05, 4.69) is 84.2 Å². The first-order valence-corrected chi connectivity index (χ1v) is 16.8. The van der Waals surface area contributed by atoms with Crippen LogP contribution in [0.5, 0.6) is 0 Å². The van der Waals surface area contributed by atoms with Gasteiger partial charge < -0.3 is 15.7 Å². The Morgan fingerprint density at radius 1 is 0.780 bits per heavy atom. The number of unbranched alkanes of at least 4 members (excludes halogenated alkanes) is 1. The Labute approximate surface area is 256 Å². The number of likely N-dealkylation sites (tertiary alicyclic amines) is 1. The SMILES string of the molecule is C=C(C)C(=N)/C=C(\C=N)N1CCCCC1.CC1CCC(C)CC1.CC1CCCC1.CCCC.Cc1ccccc1C. The van der Waals surface area contributed by atoms with Gasteiger partial charge in [0.25, 0.3) is 0 Å². The van der Waals surface area contributed by atoms with Gasteiger partial charge in [-0.2, -0.15) is 0 Å². The Morgan fingerprint density at radius 3 is 1.49 bits per heavy atom. The third-order valence-electron chi connectivity index (χ3n) is 8.50. The molecule has 1 aromatic carbocycles. The van der Waals surface area contributed by atoms with E-state index in [1.807, 2.05) is 6.92 Å². The molecule has 234 valence electrons. The van der Waals surface area contributed by atoms with E-state index in [0.29, 0.717) is 5.71 Å². The van der Waals surface area contributed by atoms with Crippen molar-refractivity contribution in [3.63, 3.8) is 0 Å². The molecule has 41 heavy (non-hydrogen) atoms. The summed E-state index contributed by atoms with van der Waals surface area (Å²) >= 11 is 0. The molecular weight excluding hydrogens is 498 g/mol. The first kappa shape index (κ1) is 38.8. The zero-order valence-corrected chi connectivity index (χ0v) is 28.5. The second-order valence-corrected chi connectivity index (χ2v) is 12.8. The quantitative estimate of drug-likeness (QED) is 0.343. The number of nitrogens with one attached hydrogen (secondary N) is 2. The molecule has 0 radical (unpaired) electrons. The monoisotopic (exact) mass is 566 g/mol. The molecule has 2 aliphatic carbocycles. The summed E-state index contributed by atoms with van der Waals surface area (Å²) in [6, 6.07) is 8.36. The highest BCUT2D eigenvalue weighted by molar-refractivity contribution is 6.07. The number of nitrogens with zero attached hydrogens (tertiary/aromatic N) is 1. The highest BCUT2D eigenvalue weighted by Crippen LogP contribution is 2.27. The highest BCUT2D eigenvalue weighted by Gasteiger charge is 2.13. The van der Waals surface area contributed by atoms with E-state index in [1.165, 1.54) is 101 Å². The maximum atomic E-state index is 7.69. The molecule has 1 aromatic rings. The topological polar surface area (TPSA) is 50.9 Å². The van der Waals surface area contributed by atoms with E-state index >= 15 is 0 Å². The van der Waals surface area contributed by atoms with Crippen LogP contribution in [0.4, 0.5) is 0 Å². The van der Waals surface area contributed by atoms with Gasteiger partial charge in [-0.3, -0.25) is 0 Å². The zero-order chi connectivity index (χ0) is 31.0. The van der Waals surface area contributed by atoms with Crippen LogP contribution in [-0.2, 0) is 0 Å². The van der Waals surface area contributed by atoms with Crippen LogP contribution in [0, 0.1) is 42.4 Å². The Balaban J connectivity index is 0.000000526. The van der Waals surface area contributed by atoms with Crippen molar-refractivity contribution in [2.45, 2.75) is 139 Å². The van der Waals surface area contributed by atoms with E-state index in [4.69, 9.17) is 10.8 Å². The first-order chi connectivity index (χ1) is 19.5. The van der Waals surface area contributed by atoms with Crippen molar-refractivity contribution in [3.8, 4) is 0 Å². The summed E-state index contributed by atoms with van der Waals surface area (Å²) < 4.78 is 0. The normalized spacial score (nSPS) is 20.4. The number of benzene rings is 1. The molecule has 1 aliphatic heterocycles. The van der Waals surface area contributed by atoms with Gasteiger partial charge in [-0.05, 0) is 80.6 Å². The number of allylic oxidation sites excluding steroid dienone is 3. The van der Waals surface area contributed by atoms with Crippen molar-refractivity contribution < 1.29 is 0 Å². The van der Waals surface area contributed by atoms with E-state index in [0.717, 1.165) is 42.1 Å². The summed E-state index contributed by atoms with van der Waals surface area (Å²) in [6.45, 7) is 23.2. The molecule has 1 saturated heterocycles. The molecular formula is C38H67N3. The highest BCUT2D eigenvalue weighted by atomic mass is 15.1. The smallest absolute Gasteiger partial charge is 0.0584 e. The lowest BCUT2D eigenvalue weighted by Crippen LogP contribution is -2.30. The minimum atomic E-state index is 0.416. The molecule has 0 unspecified atom stereocenters. The van der Waals surface area contributed by atoms with Crippen LogP contribution in [0.2, 0.25) is 0 Å². The van der Waals surface area contributed by atoms with E-state index < -0.39 is 0 Å². The molecule has 1 heterocycles. The summed E-state index contributed by atoms with van der Waals surface area (Å²) in [4.78, 5) is 2.17. The van der Waals surface area contributed by atoms with Crippen molar-refractivity contribution in [2.75, 3.05) is 13.1 Å². The minimum Gasteiger partial charge on any atom is -0.370 e. The summed E-state index contributed by atoms with van der Waals surface area (Å²) in [5.41, 5.74) is 4.73.